The summed E-state index contributed by atoms with van der Waals surface area (Å²) in [5.41, 5.74) is 0.517. The van der Waals surface area contributed by atoms with Crippen LogP contribution in [0.3, 0.4) is 0 Å². The summed E-state index contributed by atoms with van der Waals surface area (Å²) in [6.45, 7) is 1.64. The fourth-order valence-electron chi connectivity index (χ4n) is 2.77. The van der Waals surface area contributed by atoms with E-state index in [4.69, 9.17) is 4.74 Å². The number of halogens is 1. The van der Waals surface area contributed by atoms with Gasteiger partial charge in [-0.05, 0) is 36.8 Å². The molecule has 3 aromatic rings. The van der Waals surface area contributed by atoms with Crippen molar-refractivity contribution in [3.63, 3.8) is 0 Å². The van der Waals surface area contributed by atoms with Gasteiger partial charge in [-0.15, -0.1) is 0 Å². The van der Waals surface area contributed by atoms with Crippen molar-refractivity contribution in [2.24, 2.45) is 0 Å². The van der Waals surface area contributed by atoms with Crippen LogP contribution in [0.4, 0.5) is 10.1 Å². The Morgan fingerprint density at radius 2 is 2.00 bits per heavy atom. The molecule has 0 amide bonds. The molecule has 0 spiro atoms. The van der Waals surface area contributed by atoms with Crippen LogP contribution in [0.25, 0.3) is 11.1 Å². The Balaban J connectivity index is 2.11. The molecule has 140 valence electrons. The molecular formula is C20H14FN3O4. The zero-order valence-electron chi connectivity index (χ0n) is 14.7. The number of aromatic amines is 1. The van der Waals surface area contributed by atoms with Crippen molar-refractivity contribution < 1.29 is 14.1 Å². The van der Waals surface area contributed by atoms with E-state index in [9.17, 15) is 24.6 Å². The predicted molar refractivity (Wildman–Crippen MR) is 99.3 cm³/mol. The lowest BCUT2D eigenvalue weighted by atomic mass is 9.99. The number of non-ortho nitro benzene ring substituents is 1. The summed E-state index contributed by atoms with van der Waals surface area (Å²) in [6, 6.07) is 13.1. The Kier molecular flexibility index (Phi) is 5.18. The van der Waals surface area contributed by atoms with Crippen LogP contribution in [-0.4, -0.2) is 9.91 Å². The normalized spacial score (nSPS) is 10.3. The van der Waals surface area contributed by atoms with Crippen molar-refractivity contribution in [2.45, 2.75) is 13.5 Å². The molecule has 0 saturated carbocycles. The molecule has 0 unspecified atom stereocenters. The van der Waals surface area contributed by atoms with E-state index in [-0.39, 0.29) is 34.7 Å². The van der Waals surface area contributed by atoms with Crippen LogP contribution in [0, 0.1) is 34.2 Å². The van der Waals surface area contributed by atoms with Crippen LogP contribution in [0.2, 0.25) is 0 Å². The summed E-state index contributed by atoms with van der Waals surface area (Å²) in [7, 11) is 0. The Hall–Kier alpha value is -3.99. The highest BCUT2D eigenvalue weighted by Crippen LogP contribution is 2.35. The number of aromatic nitrogens is 1. The molecule has 28 heavy (non-hydrogen) atoms. The minimum absolute atomic E-state index is 0.00658. The number of hydrogen-bond acceptors (Lipinski definition) is 5. The Bertz CT molecular complexity index is 1160. The summed E-state index contributed by atoms with van der Waals surface area (Å²) in [5, 5.41) is 20.6. The summed E-state index contributed by atoms with van der Waals surface area (Å²) in [5.74, 6) is -0.182. The minimum Gasteiger partial charge on any atom is -0.488 e. The number of nitro groups is 1. The van der Waals surface area contributed by atoms with Gasteiger partial charge in [-0.2, -0.15) is 5.26 Å². The number of pyridine rings is 1. The van der Waals surface area contributed by atoms with Gasteiger partial charge in [0.25, 0.3) is 11.2 Å². The van der Waals surface area contributed by atoms with E-state index in [1.165, 1.54) is 30.3 Å². The summed E-state index contributed by atoms with van der Waals surface area (Å²) < 4.78 is 19.1. The van der Waals surface area contributed by atoms with E-state index in [1.54, 1.807) is 25.1 Å². The lowest BCUT2D eigenvalue weighted by molar-refractivity contribution is -0.384. The molecule has 0 atom stereocenters. The SMILES string of the molecule is Cc1cc(-c2cc([N+](=O)[O-])ccc2OCc2cccc(F)c2)c(C#N)c(=O)[nH]1. The smallest absolute Gasteiger partial charge is 0.270 e. The van der Waals surface area contributed by atoms with Gasteiger partial charge in [-0.3, -0.25) is 14.9 Å². The number of ether oxygens (including phenoxy) is 1. The average Bonchev–Trinajstić information content (AvgIpc) is 2.65. The molecular weight excluding hydrogens is 365 g/mol. The summed E-state index contributed by atoms with van der Waals surface area (Å²) >= 11 is 0. The maximum atomic E-state index is 13.4. The molecule has 0 saturated heterocycles. The maximum absolute atomic E-state index is 13.4. The number of nitrogens with zero attached hydrogens (tertiary/aromatic N) is 2. The first-order chi connectivity index (χ1) is 13.4. The zero-order valence-corrected chi connectivity index (χ0v) is 14.7. The first kappa shape index (κ1) is 18.8. The third-order valence-electron chi connectivity index (χ3n) is 4.03. The van der Waals surface area contributed by atoms with Crippen LogP contribution in [0.5, 0.6) is 5.75 Å². The van der Waals surface area contributed by atoms with Gasteiger partial charge in [0.2, 0.25) is 0 Å². The van der Waals surface area contributed by atoms with Crippen molar-refractivity contribution in [3.8, 4) is 22.9 Å². The van der Waals surface area contributed by atoms with Gasteiger partial charge in [0.05, 0.1) is 4.92 Å². The topological polar surface area (TPSA) is 109 Å². The molecule has 1 aromatic heterocycles. The summed E-state index contributed by atoms with van der Waals surface area (Å²) in [6.07, 6.45) is 0. The number of benzene rings is 2. The van der Waals surface area contributed by atoms with Crippen LogP contribution < -0.4 is 10.3 Å². The highest BCUT2D eigenvalue weighted by atomic mass is 19.1. The molecule has 0 bridgehead atoms. The predicted octanol–water partition coefficient (Wildman–Crippen LogP) is 3.85. The molecule has 7 nitrogen and oxygen atoms in total. The molecule has 1 N–H and O–H groups in total. The number of hydrogen-bond donors (Lipinski definition) is 1. The minimum atomic E-state index is -0.597. The van der Waals surface area contributed by atoms with E-state index in [0.717, 1.165) is 0 Å². The van der Waals surface area contributed by atoms with E-state index in [0.29, 0.717) is 11.3 Å². The third-order valence-corrected chi connectivity index (χ3v) is 4.03. The summed E-state index contributed by atoms with van der Waals surface area (Å²) in [4.78, 5) is 25.3. The first-order valence-electron chi connectivity index (χ1n) is 8.19. The van der Waals surface area contributed by atoms with Crippen molar-refractivity contribution >= 4 is 5.69 Å². The highest BCUT2D eigenvalue weighted by molar-refractivity contribution is 5.77. The number of aryl methyl sites for hydroxylation is 1. The fourth-order valence-corrected chi connectivity index (χ4v) is 2.77. The van der Waals surface area contributed by atoms with Gasteiger partial charge >= 0.3 is 0 Å². The quantitative estimate of drug-likeness (QED) is 0.535. The highest BCUT2D eigenvalue weighted by Gasteiger charge is 2.18. The van der Waals surface area contributed by atoms with E-state index < -0.39 is 16.3 Å². The van der Waals surface area contributed by atoms with Crippen molar-refractivity contribution in [1.82, 2.24) is 4.98 Å². The van der Waals surface area contributed by atoms with E-state index >= 15 is 0 Å². The van der Waals surface area contributed by atoms with E-state index in [1.807, 2.05) is 6.07 Å². The zero-order chi connectivity index (χ0) is 20.3. The molecule has 0 aliphatic heterocycles. The van der Waals surface area contributed by atoms with Gasteiger partial charge in [-0.1, -0.05) is 12.1 Å². The number of nitro benzene ring substituents is 1. The van der Waals surface area contributed by atoms with Crippen molar-refractivity contribution in [1.29, 1.82) is 5.26 Å². The van der Waals surface area contributed by atoms with Crippen LogP contribution in [0.1, 0.15) is 16.8 Å². The lowest BCUT2D eigenvalue weighted by Gasteiger charge is -2.13. The van der Waals surface area contributed by atoms with Crippen molar-refractivity contribution in [2.75, 3.05) is 0 Å². The molecule has 2 aromatic carbocycles. The second kappa shape index (κ2) is 7.72. The second-order valence-corrected chi connectivity index (χ2v) is 6.04. The molecule has 0 aliphatic carbocycles. The molecule has 3 rings (SSSR count). The monoisotopic (exact) mass is 379 g/mol. The van der Waals surface area contributed by atoms with Gasteiger partial charge in [-0.25, -0.2) is 4.39 Å². The number of nitrogens with one attached hydrogen (secondary N) is 1. The Morgan fingerprint density at radius 3 is 2.68 bits per heavy atom. The second-order valence-electron chi connectivity index (χ2n) is 6.04. The Morgan fingerprint density at radius 1 is 1.21 bits per heavy atom. The molecule has 1 heterocycles. The standard InChI is InChI=1S/C20H14FN3O4/c1-12-7-16(18(10-22)20(25)23-12)17-9-15(24(26)27)5-6-19(17)28-11-13-3-2-4-14(21)8-13/h2-9H,11H2,1H3,(H,23,25). The fraction of sp³-hybridized carbons (Fsp3) is 0.100. The number of rotatable bonds is 5. The number of nitriles is 1. The average molecular weight is 379 g/mol. The van der Waals surface area contributed by atoms with E-state index in [2.05, 4.69) is 4.98 Å². The Labute approximate surface area is 158 Å². The largest absolute Gasteiger partial charge is 0.488 e. The molecule has 0 radical (unpaired) electrons. The maximum Gasteiger partial charge on any atom is 0.270 e. The van der Waals surface area contributed by atoms with Gasteiger partial charge < -0.3 is 9.72 Å². The third kappa shape index (κ3) is 3.88. The lowest BCUT2D eigenvalue weighted by Crippen LogP contribution is -2.13. The van der Waals surface area contributed by atoms with Crippen LogP contribution in [-0.2, 0) is 6.61 Å². The van der Waals surface area contributed by atoms with Gasteiger partial charge in [0.15, 0.2) is 0 Å². The molecule has 0 fully saturated rings. The molecule has 8 heteroatoms. The van der Waals surface area contributed by atoms with Crippen LogP contribution >= 0.6 is 0 Å². The van der Waals surface area contributed by atoms with Crippen LogP contribution in [0.15, 0.2) is 53.3 Å². The van der Waals surface area contributed by atoms with Gasteiger partial charge in [0.1, 0.15) is 29.8 Å². The number of H-pyrrole nitrogens is 1. The first-order valence-corrected chi connectivity index (χ1v) is 8.19. The molecule has 0 aliphatic rings. The van der Waals surface area contributed by atoms with Crippen molar-refractivity contribution in [3.05, 3.63) is 91.6 Å². The van der Waals surface area contributed by atoms with Gasteiger partial charge in [0, 0.05) is 29.0 Å².